The van der Waals surface area contributed by atoms with Crippen LogP contribution >= 0.6 is 0 Å². The smallest absolute Gasteiger partial charge is 0.406 e. The van der Waals surface area contributed by atoms with Gasteiger partial charge in [0.15, 0.2) is 0 Å². The summed E-state index contributed by atoms with van der Waals surface area (Å²) in [6, 6.07) is 7.76. The Hall–Kier alpha value is -1.98. The van der Waals surface area contributed by atoms with Gasteiger partial charge < -0.3 is 4.74 Å². The summed E-state index contributed by atoms with van der Waals surface area (Å²) in [5.41, 5.74) is 0.771. The highest BCUT2D eigenvalue weighted by molar-refractivity contribution is 5.28. The molecule has 3 nitrogen and oxygen atoms in total. The van der Waals surface area contributed by atoms with Crippen molar-refractivity contribution in [1.29, 1.82) is 0 Å². The summed E-state index contributed by atoms with van der Waals surface area (Å²) in [5, 5.41) is 4.02. The summed E-state index contributed by atoms with van der Waals surface area (Å²) in [6.07, 6.45) is -0.601. The highest BCUT2D eigenvalue weighted by Crippen LogP contribution is 2.23. The molecule has 0 saturated carbocycles. The Morgan fingerprint density at radius 2 is 2.06 bits per heavy atom. The van der Waals surface area contributed by atoms with Crippen LogP contribution in [-0.2, 0) is 13.0 Å². The number of hydrogen-bond donors (Lipinski definition) is 0. The van der Waals surface area contributed by atoms with Crippen molar-refractivity contribution in [3.8, 4) is 5.75 Å². The average molecular weight is 256 g/mol. The molecule has 1 heterocycles. The third kappa shape index (κ3) is 3.80. The SMILES string of the molecule is FC(F)(F)Oc1cccc(CCn2cccn2)c1. The summed E-state index contributed by atoms with van der Waals surface area (Å²) >= 11 is 0. The zero-order chi connectivity index (χ0) is 13.0. The van der Waals surface area contributed by atoms with Crippen LogP contribution in [0.1, 0.15) is 5.56 Å². The molecular weight excluding hydrogens is 245 g/mol. The largest absolute Gasteiger partial charge is 0.573 e. The van der Waals surface area contributed by atoms with Gasteiger partial charge in [-0.1, -0.05) is 12.1 Å². The fraction of sp³-hybridized carbons (Fsp3) is 0.250. The van der Waals surface area contributed by atoms with Gasteiger partial charge >= 0.3 is 6.36 Å². The van der Waals surface area contributed by atoms with Crippen LogP contribution < -0.4 is 4.74 Å². The Labute approximate surface area is 102 Å². The molecule has 0 N–H and O–H groups in total. The second kappa shape index (κ2) is 5.12. The van der Waals surface area contributed by atoms with Gasteiger partial charge in [-0.25, -0.2) is 0 Å². The van der Waals surface area contributed by atoms with Gasteiger partial charge in [0.1, 0.15) is 5.75 Å². The maximum absolute atomic E-state index is 12.0. The molecule has 1 aromatic carbocycles. The Kier molecular flexibility index (Phi) is 3.55. The fourth-order valence-corrected chi connectivity index (χ4v) is 1.57. The molecule has 0 aliphatic carbocycles. The molecule has 6 heteroatoms. The van der Waals surface area contributed by atoms with Crippen molar-refractivity contribution in [3.05, 3.63) is 48.3 Å². The Morgan fingerprint density at radius 1 is 1.22 bits per heavy atom. The molecule has 0 aliphatic rings. The predicted molar refractivity (Wildman–Crippen MR) is 59.1 cm³/mol. The lowest BCUT2D eigenvalue weighted by molar-refractivity contribution is -0.274. The van der Waals surface area contributed by atoms with Crippen molar-refractivity contribution in [3.63, 3.8) is 0 Å². The number of hydrogen-bond acceptors (Lipinski definition) is 2. The van der Waals surface area contributed by atoms with E-state index in [1.165, 1.54) is 12.1 Å². The molecule has 0 radical (unpaired) electrons. The molecule has 0 fully saturated rings. The first-order valence-electron chi connectivity index (χ1n) is 5.35. The number of nitrogens with zero attached hydrogens (tertiary/aromatic N) is 2. The van der Waals surface area contributed by atoms with Crippen LogP contribution in [0.3, 0.4) is 0 Å². The van der Waals surface area contributed by atoms with Crippen molar-refractivity contribution < 1.29 is 17.9 Å². The van der Waals surface area contributed by atoms with Crippen LogP contribution in [0.15, 0.2) is 42.7 Å². The first-order chi connectivity index (χ1) is 8.53. The molecule has 0 bridgehead atoms. The van der Waals surface area contributed by atoms with Crippen LogP contribution in [0.2, 0.25) is 0 Å². The molecular formula is C12H11F3N2O. The van der Waals surface area contributed by atoms with Crippen LogP contribution in [0.5, 0.6) is 5.75 Å². The maximum atomic E-state index is 12.0. The molecule has 0 amide bonds. The number of rotatable bonds is 4. The van der Waals surface area contributed by atoms with E-state index in [-0.39, 0.29) is 5.75 Å². The van der Waals surface area contributed by atoms with Gasteiger partial charge in [0.25, 0.3) is 0 Å². The Morgan fingerprint density at radius 3 is 2.72 bits per heavy atom. The fourth-order valence-electron chi connectivity index (χ4n) is 1.57. The standard InChI is InChI=1S/C12H11F3N2O/c13-12(14,15)18-11-4-1-3-10(9-11)5-8-17-7-2-6-16-17/h1-4,6-7,9H,5,8H2. The highest BCUT2D eigenvalue weighted by Gasteiger charge is 2.31. The summed E-state index contributed by atoms with van der Waals surface area (Å²) < 4.78 is 41.7. The molecule has 2 aromatic rings. The Balaban J connectivity index is 1.99. The number of aryl methyl sites for hydroxylation is 2. The van der Waals surface area contributed by atoms with Crippen molar-refractivity contribution >= 4 is 0 Å². The normalized spacial score (nSPS) is 11.5. The van der Waals surface area contributed by atoms with Crippen LogP contribution in [0.4, 0.5) is 13.2 Å². The molecule has 0 atom stereocenters. The van der Waals surface area contributed by atoms with Gasteiger partial charge in [-0.05, 0) is 30.2 Å². The van der Waals surface area contributed by atoms with E-state index in [1.807, 2.05) is 0 Å². The minimum atomic E-state index is -4.65. The topological polar surface area (TPSA) is 27.1 Å². The van der Waals surface area contributed by atoms with Crippen LogP contribution in [-0.4, -0.2) is 16.1 Å². The van der Waals surface area contributed by atoms with E-state index in [0.717, 1.165) is 5.56 Å². The van der Waals surface area contributed by atoms with E-state index < -0.39 is 6.36 Å². The summed E-state index contributed by atoms with van der Waals surface area (Å²) in [4.78, 5) is 0. The van der Waals surface area contributed by atoms with E-state index in [2.05, 4.69) is 9.84 Å². The van der Waals surface area contributed by atoms with Gasteiger partial charge in [-0.3, -0.25) is 4.68 Å². The minimum absolute atomic E-state index is 0.194. The quantitative estimate of drug-likeness (QED) is 0.840. The molecule has 1 aromatic heterocycles. The lowest BCUT2D eigenvalue weighted by Gasteiger charge is -2.10. The average Bonchev–Trinajstić information content (AvgIpc) is 2.77. The molecule has 96 valence electrons. The van der Waals surface area contributed by atoms with Crippen molar-refractivity contribution in [2.75, 3.05) is 0 Å². The zero-order valence-electron chi connectivity index (χ0n) is 9.39. The van der Waals surface area contributed by atoms with Gasteiger partial charge in [-0.2, -0.15) is 5.10 Å². The maximum Gasteiger partial charge on any atom is 0.573 e. The predicted octanol–water partition coefficient (Wildman–Crippen LogP) is 3.02. The van der Waals surface area contributed by atoms with Gasteiger partial charge in [-0.15, -0.1) is 13.2 Å². The first-order valence-corrected chi connectivity index (χ1v) is 5.35. The lowest BCUT2D eigenvalue weighted by atomic mass is 10.1. The molecule has 18 heavy (non-hydrogen) atoms. The van der Waals surface area contributed by atoms with E-state index >= 15 is 0 Å². The summed E-state index contributed by atoms with van der Waals surface area (Å²) in [6.45, 7) is 0.614. The molecule has 0 spiro atoms. The van der Waals surface area contributed by atoms with Crippen molar-refractivity contribution in [2.45, 2.75) is 19.3 Å². The molecule has 0 saturated heterocycles. The third-order valence-corrected chi connectivity index (χ3v) is 2.32. The minimum Gasteiger partial charge on any atom is -0.406 e. The van der Waals surface area contributed by atoms with Crippen LogP contribution in [0.25, 0.3) is 0 Å². The lowest BCUT2D eigenvalue weighted by Crippen LogP contribution is -2.17. The van der Waals surface area contributed by atoms with Crippen molar-refractivity contribution in [1.82, 2.24) is 9.78 Å². The molecule has 2 rings (SSSR count). The van der Waals surface area contributed by atoms with E-state index in [0.29, 0.717) is 13.0 Å². The van der Waals surface area contributed by atoms with Crippen molar-refractivity contribution in [2.24, 2.45) is 0 Å². The zero-order valence-corrected chi connectivity index (χ0v) is 9.39. The summed E-state index contributed by atoms with van der Waals surface area (Å²) in [7, 11) is 0. The first kappa shape index (κ1) is 12.5. The van der Waals surface area contributed by atoms with Gasteiger partial charge in [0.2, 0.25) is 0 Å². The Bertz CT molecular complexity index is 494. The second-order valence-electron chi connectivity index (χ2n) is 3.71. The van der Waals surface area contributed by atoms with E-state index in [9.17, 15) is 13.2 Å². The molecule has 0 unspecified atom stereocenters. The van der Waals surface area contributed by atoms with E-state index in [4.69, 9.17) is 0 Å². The molecule has 0 aliphatic heterocycles. The van der Waals surface area contributed by atoms with E-state index in [1.54, 1.807) is 35.3 Å². The second-order valence-corrected chi connectivity index (χ2v) is 3.71. The number of aromatic nitrogens is 2. The summed E-state index contributed by atoms with van der Waals surface area (Å²) in [5.74, 6) is -0.194. The number of halogens is 3. The third-order valence-electron chi connectivity index (χ3n) is 2.32. The number of benzene rings is 1. The highest BCUT2D eigenvalue weighted by atomic mass is 19.4. The van der Waals surface area contributed by atoms with Crippen LogP contribution in [0, 0.1) is 0 Å². The van der Waals surface area contributed by atoms with Gasteiger partial charge in [0, 0.05) is 18.9 Å². The number of alkyl halides is 3. The number of ether oxygens (including phenoxy) is 1. The van der Waals surface area contributed by atoms with Gasteiger partial charge in [0.05, 0.1) is 0 Å². The monoisotopic (exact) mass is 256 g/mol.